The zero-order chi connectivity index (χ0) is 23.0. The standard InChI is InChI=1S/C21H23BrClN3O5/c1-12(27)18(26-21(30)31-11-13-5-3-2-4-6-13)20(29)25-17(19(24)28)10-14-9-15(23)7-8-16(14)22/h2-9,12,17-18,27H,10-11H2,1H3,(H2,24,28)(H,25,29)(H,26,30)/t12-,17+,18+/m1/s1. The van der Waals surface area contributed by atoms with Gasteiger partial charge in [-0.3, -0.25) is 9.59 Å². The SMILES string of the molecule is C[C@@H](O)[C@H](NC(=O)OCc1ccccc1)C(=O)N[C@@H](Cc1cc(Cl)ccc1Br)C(N)=O. The molecule has 0 unspecified atom stereocenters. The first-order chi connectivity index (χ1) is 14.7. The molecule has 10 heteroatoms. The number of carbonyl (C=O) groups excluding carboxylic acids is 3. The van der Waals surface area contributed by atoms with Crippen molar-refractivity contribution in [2.45, 2.75) is 38.1 Å². The third-order valence-electron chi connectivity index (χ3n) is 4.34. The summed E-state index contributed by atoms with van der Waals surface area (Å²) >= 11 is 9.35. The molecule has 166 valence electrons. The summed E-state index contributed by atoms with van der Waals surface area (Å²) in [6.07, 6.45) is -2.08. The first-order valence-electron chi connectivity index (χ1n) is 9.36. The fraction of sp³-hybridized carbons (Fsp3) is 0.286. The molecule has 3 atom stereocenters. The van der Waals surface area contributed by atoms with Crippen LogP contribution in [-0.4, -0.2) is 41.2 Å². The number of rotatable bonds is 9. The lowest BCUT2D eigenvalue weighted by Gasteiger charge is -2.23. The van der Waals surface area contributed by atoms with Gasteiger partial charge in [0.1, 0.15) is 18.7 Å². The summed E-state index contributed by atoms with van der Waals surface area (Å²) < 4.78 is 5.77. The fourth-order valence-corrected chi connectivity index (χ4v) is 3.30. The van der Waals surface area contributed by atoms with E-state index in [1.807, 2.05) is 6.07 Å². The molecule has 8 nitrogen and oxygen atoms in total. The Morgan fingerprint density at radius 3 is 2.45 bits per heavy atom. The minimum atomic E-state index is -1.35. The molecule has 0 fully saturated rings. The summed E-state index contributed by atoms with van der Waals surface area (Å²) in [5.41, 5.74) is 6.85. The summed E-state index contributed by atoms with van der Waals surface area (Å²) in [5.74, 6) is -1.56. The molecule has 0 aromatic heterocycles. The Morgan fingerprint density at radius 1 is 1.16 bits per heavy atom. The van der Waals surface area contributed by atoms with Crippen LogP contribution in [0.15, 0.2) is 53.0 Å². The monoisotopic (exact) mass is 511 g/mol. The quantitative estimate of drug-likeness (QED) is 0.409. The van der Waals surface area contributed by atoms with E-state index in [1.54, 1.807) is 42.5 Å². The molecule has 3 amide bonds. The Morgan fingerprint density at radius 2 is 1.84 bits per heavy atom. The van der Waals surface area contributed by atoms with Crippen molar-refractivity contribution < 1.29 is 24.2 Å². The Kier molecular flexibility index (Phi) is 9.29. The maximum Gasteiger partial charge on any atom is 0.408 e. The van der Waals surface area contributed by atoms with Crippen molar-refractivity contribution in [1.29, 1.82) is 0 Å². The van der Waals surface area contributed by atoms with E-state index < -0.39 is 36.1 Å². The van der Waals surface area contributed by atoms with E-state index >= 15 is 0 Å². The van der Waals surface area contributed by atoms with Crippen LogP contribution >= 0.6 is 27.5 Å². The van der Waals surface area contributed by atoms with Crippen LogP contribution in [0.3, 0.4) is 0 Å². The predicted octanol–water partition coefficient (Wildman–Crippen LogP) is 2.29. The lowest BCUT2D eigenvalue weighted by atomic mass is 10.0. The number of hydrogen-bond acceptors (Lipinski definition) is 5. The Hall–Kier alpha value is -2.62. The maximum absolute atomic E-state index is 12.7. The lowest BCUT2D eigenvalue weighted by molar-refractivity contribution is -0.130. The Balaban J connectivity index is 2.02. The van der Waals surface area contributed by atoms with Crippen molar-refractivity contribution in [3.8, 4) is 0 Å². The molecule has 0 aliphatic heterocycles. The van der Waals surface area contributed by atoms with Crippen molar-refractivity contribution >= 4 is 45.4 Å². The van der Waals surface area contributed by atoms with Gasteiger partial charge in [-0.2, -0.15) is 0 Å². The van der Waals surface area contributed by atoms with Crippen LogP contribution in [0.2, 0.25) is 5.02 Å². The summed E-state index contributed by atoms with van der Waals surface area (Å²) in [6.45, 7) is 1.32. The van der Waals surface area contributed by atoms with Gasteiger partial charge in [-0.25, -0.2) is 4.79 Å². The molecule has 0 bridgehead atoms. The summed E-state index contributed by atoms with van der Waals surface area (Å²) in [6, 6.07) is 11.5. The number of nitrogens with one attached hydrogen (secondary N) is 2. The smallest absolute Gasteiger partial charge is 0.408 e. The third kappa shape index (κ3) is 7.86. The van der Waals surface area contributed by atoms with Crippen molar-refractivity contribution in [1.82, 2.24) is 10.6 Å². The Bertz CT molecular complexity index is 926. The second-order valence-corrected chi connectivity index (χ2v) is 8.12. The highest BCUT2D eigenvalue weighted by Crippen LogP contribution is 2.22. The van der Waals surface area contributed by atoms with Crippen molar-refractivity contribution in [3.63, 3.8) is 0 Å². The molecule has 0 aliphatic carbocycles. The van der Waals surface area contributed by atoms with Gasteiger partial charge in [0.05, 0.1) is 6.10 Å². The van der Waals surface area contributed by atoms with Gasteiger partial charge in [-0.05, 0) is 36.2 Å². The zero-order valence-electron chi connectivity index (χ0n) is 16.7. The number of hydrogen-bond donors (Lipinski definition) is 4. The summed E-state index contributed by atoms with van der Waals surface area (Å²) in [4.78, 5) is 36.7. The van der Waals surface area contributed by atoms with Gasteiger partial charge in [-0.15, -0.1) is 0 Å². The highest BCUT2D eigenvalue weighted by Gasteiger charge is 2.30. The van der Waals surface area contributed by atoms with E-state index in [-0.39, 0.29) is 13.0 Å². The molecular formula is C21H23BrClN3O5. The van der Waals surface area contributed by atoms with Crippen LogP contribution in [0.1, 0.15) is 18.1 Å². The van der Waals surface area contributed by atoms with Gasteiger partial charge >= 0.3 is 6.09 Å². The zero-order valence-corrected chi connectivity index (χ0v) is 19.0. The lowest BCUT2D eigenvalue weighted by Crippen LogP contribution is -2.57. The van der Waals surface area contributed by atoms with E-state index in [0.29, 0.717) is 15.1 Å². The number of alkyl carbamates (subject to hydrolysis) is 1. The van der Waals surface area contributed by atoms with Gasteiger partial charge in [0, 0.05) is 15.9 Å². The van der Waals surface area contributed by atoms with Crippen molar-refractivity contribution in [3.05, 3.63) is 69.2 Å². The number of benzene rings is 2. The number of carbonyl (C=O) groups is 3. The molecule has 2 rings (SSSR count). The van der Waals surface area contributed by atoms with Crippen LogP contribution in [0, 0.1) is 0 Å². The average Bonchev–Trinajstić information content (AvgIpc) is 2.72. The topological polar surface area (TPSA) is 131 Å². The first kappa shape index (κ1) is 24.6. The number of aliphatic hydroxyl groups excluding tert-OH is 1. The molecule has 2 aromatic carbocycles. The molecule has 0 radical (unpaired) electrons. The van der Waals surface area contributed by atoms with E-state index in [2.05, 4.69) is 26.6 Å². The first-order valence-corrected chi connectivity index (χ1v) is 10.5. The van der Waals surface area contributed by atoms with Gasteiger partial charge in [0.2, 0.25) is 11.8 Å². The molecule has 2 aromatic rings. The van der Waals surface area contributed by atoms with Crippen LogP contribution in [0.4, 0.5) is 4.79 Å². The summed E-state index contributed by atoms with van der Waals surface area (Å²) in [7, 11) is 0. The third-order valence-corrected chi connectivity index (χ3v) is 5.35. The van der Waals surface area contributed by atoms with E-state index in [4.69, 9.17) is 22.1 Å². The number of amides is 3. The second kappa shape index (κ2) is 11.7. The average molecular weight is 513 g/mol. The molecular weight excluding hydrogens is 490 g/mol. The fourth-order valence-electron chi connectivity index (χ4n) is 2.70. The van der Waals surface area contributed by atoms with Gasteiger partial charge in [0.15, 0.2) is 0 Å². The van der Waals surface area contributed by atoms with Crippen LogP contribution < -0.4 is 16.4 Å². The van der Waals surface area contributed by atoms with Crippen LogP contribution in [0.5, 0.6) is 0 Å². The van der Waals surface area contributed by atoms with Crippen molar-refractivity contribution in [2.24, 2.45) is 5.73 Å². The molecule has 0 saturated heterocycles. The van der Waals surface area contributed by atoms with E-state index in [0.717, 1.165) is 5.56 Å². The molecule has 31 heavy (non-hydrogen) atoms. The highest BCUT2D eigenvalue weighted by molar-refractivity contribution is 9.10. The second-order valence-electron chi connectivity index (χ2n) is 6.83. The highest BCUT2D eigenvalue weighted by atomic mass is 79.9. The van der Waals surface area contributed by atoms with Crippen LogP contribution in [-0.2, 0) is 27.4 Å². The number of nitrogens with two attached hydrogens (primary N) is 1. The Labute approximate surface area is 193 Å². The number of aliphatic hydroxyl groups is 1. The molecule has 0 heterocycles. The van der Waals surface area contributed by atoms with Crippen molar-refractivity contribution in [2.75, 3.05) is 0 Å². The van der Waals surface area contributed by atoms with E-state index in [1.165, 1.54) is 6.92 Å². The molecule has 0 saturated carbocycles. The molecule has 5 N–H and O–H groups in total. The minimum absolute atomic E-state index is 0.00642. The maximum atomic E-state index is 12.7. The number of ether oxygens (including phenoxy) is 1. The normalized spacial score (nSPS) is 13.5. The number of halogens is 2. The largest absolute Gasteiger partial charge is 0.445 e. The summed E-state index contributed by atoms with van der Waals surface area (Å²) in [5, 5.41) is 15.2. The molecule has 0 spiro atoms. The van der Waals surface area contributed by atoms with Gasteiger partial charge in [-0.1, -0.05) is 57.9 Å². The van der Waals surface area contributed by atoms with Gasteiger partial charge in [0.25, 0.3) is 0 Å². The van der Waals surface area contributed by atoms with E-state index in [9.17, 15) is 19.5 Å². The van der Waals surface area contributed by atoms with Crippen LogP contribution in [0.25, 0.3) is 0 Å². The molecule has 0 aliphatic rings. The number of primary amides is 1. The van der Waals surface area contributed by atoms with Gasteiger partial charge < -0.3 is 26.2 Å². The predicted molar refractivity (Wildman–Crippen MR) is 119 cm³/mol. The minimum Gasteiger partial charge on any atom is -0.445 e.